The zero-order chi connectivity index (χ0) is 20.0. The first-order chi connectivity index (χ1) is 13.4. The van der Waals surface area contributed by atoms with Gasteiger partial charge in [0.2, 0.25) is 0 Å². The van der Waals surface area contributed by atoms with E-state index in [2.05, 4.69) is 18.7 Å². The second kappa shape index (κ2) is 7.83. The lowest BCUT2D eigenvalue weighted by Gasteiger charge is -2.61. The highest BCUT2D eigenvalue weighted by Crippen LogP contribution is 2.68. The molecule has 0 saturated heterocycles. The van der Waals surface area contributed by atoms with Crippen LogP contribution in [0.4, 0.5) is 0 Å². The van der Waals surface area contributed by atoms with Crippen molar-refractivity contribution < 1.29 is 15.3 Å². The van der Waals surface area contributed by atoms with Crippen LogP contribution in [0.5, 0.6) is 0 Å². The Bertz CT molecular complexity index is 550. The number of nitrogens with zero attached hydrogens (tertiary/aromatic N) is 1. The predicted octanol–water partition coefficient (Wildman–Crippen LogP) is 3.44. The molecule has 4 aliphatic carbocycles. The van der Waals surface area contributed by atoms with Gasteiger partial charge in [-0.15, -0.1) is 0 Å². The van der Waals surface area contributed by atoms with Crippen LogP contribution in [-0.4, -0.2) is 58.7 Å². The van der Waals surface area contributed by atoms with Gasteiger partial charge < -0.3 is 15.3 Å². The number of fused-ring (bicyclic) bond motifs is 5. The van der Waals surface area contributed by atoms with Crippen LogP contribution in [0.15, 0.2) is 0 Å². The van der Waals surface area contributed by atoms with Crippen molar-refractivity contribution >= 4 is 0 Å². The molecule has 0 unspecified atom stereocenters. The van der Waals surface area contributed by atoms with Crippen molar-refractivity contribution in [2.24, 2.45) is 34.5 Å². The van der Waals surface area contributed by atoms with Gasteiger partial charge in [0, 0.05) is 25.0 Å². The third kappa shape index (κ3) is 3.18. The van der Waals surface area contributed by atoms with Crippen LogP contribution >= 0.6 is 0 Å². The maximum Gasteiger partial charge on any atom is 0.0830 e. The van der Waals surface area contributed by atoms with Crippen molar-refractivity contribution in [2.45, 2.75) is 83.7 Å². The van der Waals surface area contributed by atoms with E-state index in [9.17, 15) is 15.3 Å². The van der Waals surface area contributed by atoms with Gasteiger partial charge in [0.05, 0.1) is 18.8 Å². The van der Waals surface area contributed by atoms with E-state index in [1.165, 1.54) is 44.9 Å². The van der Waals surface area contributed by atoms with Crippen LogP contribution in [-0.2, 0) is 0 Å². The van der Waals surface area contributed by atoms with Crippen LogP contribution in [0.1, 0.15) is 78.1 Å². The van der Waals surface area contributed by atoms with E-state index in [-0.39, 0.29) is 18.6 Å². The Kier molecular flexibility index (Phi) is 5.90. The SMILES string of the molecule is C[C@]12CCCC[C@@H]1CC[C@@H]1[C@H]2CC[C@@]2(C)[C@H]1CC[C@@]2(O)CN(CCO)CCO. The maximum absolute atomic E-state index is 11.9. The summed E-state index contributed by atoms with van der Waals surface area (Å²) in [6, 6.07) is 0. The molecule has 4 rings (SSSR count). The van der Waals surface area contributed by atoms with Crippen LogP contribution in [0.25, 0.3) is 0 Å². The highest BCUT2D eigenvalue weighted by atomic mass is 16.3. The number of rotatable bonds is 6. The summed E-state index contributed by atoms with van der Waals surface area (Å²) in [4.78, 5) is 2.07. The standard InChI is InChI=1S/C24H43NO3/c1-22-10-4-3-5-18(22)6-7-19-20(22)8-11-23(2)21(19)9-12-24(23,28)17-25(13-15-26)14-16-27/h18-21,26-28H,3-17H2,1-2H3/t18-,19-,20-,21+,22+,23+,24-/m1/s1. The number of hydrogen-bond donors (Lipinski definition) is 3. The fourth-order valence-corrected chi connectivity index (χ4v) is 8.59. The Morgan fingerprint density at radius 1 is 0.821 bits per heavy atom. The molecule has 4 fully saturated rings. The zero-order valence-corrected chi connectivity index (χ0v) is 18.2. The minimum Gasteiger partial charge on any atom is -0.395 e. The summed E-state index contributed by atoms with van der Waals surface area (Å²) in [5, 5.41) is 30.7. The summed E-state index contributed by atoms with van der Waals surface area (Å²) in [5.74, 6) is 3.23. The summed E-state index contributed by atoms with van der Waals surface area (Å²) in [7, 11) is 0. The Morgan fingerprint density at radius 3 is 2.25 bits per heavy atom. The molecule has 4 saturated carbocycles. The Morgan fingerprint density at radius 2 is 1.54 bits per heavy atom. The van der Waals surface area contributed by atoms with Crippen molar-refractivity contribution in [3.05, 3.63) is 0 Å². The van der Waals surface area contributed by atoms with Gasteiger partial charge in [-0.3, -0.25) is 4.90 Å². The van der Waals surface area contributed by atoms with Crippen LogP contribution < -0.4 is 0 Å². The van der Waals surface area contributed by atoms with Crippen molar-refractivity contribution in [3.8, 4) is 0 Å². The van der Waals surface area contributed by atoms with Gasteiger partial charge in [-0.1, -0.05) is 26.7 Å². The van der Waals surface area contributed by atoms with E-state index in [1.807, 2.05) is 0 Å². The fourth-order valence-electron chi connectivity index (χ4n) is 8.59. The van der Waals surface area contributed by atoms with Gasteiger partial charge in [-0.2, -0.15) is 0 Å². The molecule has 0 spiro atoms. The first-order valence-electron chi connectivity index (χ1n) is 12.0. The molecule has 4 nitrogen and oxygen atoms in total. The number of aliphatic hydroxyl groups is 3. The molecule has 0 amide bonds. The van der Waals surface area contributed by atoms with Crippen molar-refractivity contribution in [1.82, 2.24) is 4.90 Å². The van der Waals surface area contributed by atoms with Gasteiger partial charge in [-0.25, -0.2) is 0 Å². The third-order valence-electron chi connectivity index (χ3n) is 10.2. The molecule has 162 valence electrons. The lowest BCUT2D eigenvalue weighted by Crippen LogP contribution is -2.59. The zero-order valence-electron chi connectivity index (χ0n) is 18.2. The van der Waals surface area contributed by atoms with Gasteiger partial charge in [0.25, 0.3) is 0 Å². The quantitative estimate of drug-likeness (QED) is 0.647. The van der Waals surface area contributed by atoms with Crippen LogP contribution in [0.3, 0.4) is 0 Å². The lowest BCUT2D eigenvalue weighted by molar-refractivity contribution is -0.158. The van der Waals surface area contributed by atoms with E-state index < -0.39 is 5.60 Å². The minimum atomic E-state index is -0.683. The van der Waals surface area contributed by atoms with E-state index in [0.717, 1.165) is 37.0 Å². The molecule has 0 aromatic carbocycles. The normalized spacial score (nSPS) is 48.2. The monoisotopic (exact) mass is 393 g/mol. The topological polar surface area (TPSA) is 63.9 Å². The van der Waals surface area contributed by atoms with Crippen LogP contribution in [0, 0.1) is 34.5 Å². The van der Waals surface area contributed by atoms with Gasteiger partial charge >= 0.3 is 0 Å². The molecular formula is C24H43NO3. The second-order valence-corrected chi connectivity index (χ2v) is 11.2. The van der Waals surface area contributed by atoms with Crippen molar-refractivity contribution in [1.29, 1.82) is 0 Å². The molecule has 28 heavy (non-hydrogen) atoms. The maximum atomic E-state index is 11.9. The lowest BCUT2D eigenvalue weighted by atomic mass is 9.44. The molecule has 4 aliphatic rings. The smallest absolute Gasteiger partial charge is 0.0830 e. The Balaban J connectivity index is 1.54. The van der Waals surface area contributed by atoms with Crippen molar-refractivity contribution in [2.75, 3.05) is 32.8 Å². The summed E-state index contributed by atoms with van der Waals surface area (Å²) in [6.07, 6.45) is 13.0. The highest BCUT2D eigenvalue weighted by Gasteiger charge is 2.64. The molecule has 0 aromatic heterocycles. The second-order valence-electron chi connectivity index (χ2n) is 11.2. The van der Waals surface area contributed by atoms with Crippen molar-refractivity contribution in [3.63, 3.8) is 0 Å². The van der Waals surface area contributed by atoms with Gasteiger partial charge in [0.1, 0.15) is 0 Å². The first-order valence-corrected chi connectivity index (χ1v) is 12.0. The predicted molar refractivity (Wildman–Crippen MR) is 112 cm³/mol. The summed E-state index contributed by atoms with van der Waals surface area (Å²) in [6.45, 7) is 6.82. The fraction of sp³-hybridized carbons (Fsp3) is 1.00. The molecule has 4 heteroatoms. The molecule has 3 N–H and O–H groups in total. The largest absolute Gasteiger partial charge is 0.395 e. The average Bonchev–Trinajstić information content (AvgIpc) is 2.93. The summed E-state index contributed by atoms with van der Waals surface area (Å²) in [5.41, 5.74) is -0.157. The first kappa shape index (κ1) is 21.1. The third-order valence-corrected chi connectivity index (χ3v) is 10.2. The Labute approximate surface area is 171 Å². The van der Waals surface area contributed by atoms with E-state index >= 15 is 0 Å². The molecule has 7 atom stereocenters. The molecule has 0 heterocycles. The number of hydrogen-bond acceptors (Lipinski definition) is 4. The Hall–Kier alpha value is -0.160. The number of aliphatic hydroxyl groups excluding tert-OH is 2. The molecule has 0 bridgehead atoms. The van der Waals surface area contributed by atoms with E-state index in [4.69, 9.17) is 0 Å². The highest BCUT2D eigenvalue weighted by molar-refractivity contribution is 5.14. The minimum absolute atomic E-state index is 0.0187. The van der Waals surface area contributed by atoms with E-state index in [1.54, 1.807) is 0 Å². The van der Waals surface area contributed by atoms with Gasteiger partial charge in [0.15, 0.2) is 0 Å². The van der Waals surface area contributed by atoms with Gasteiger partial charge in [-0.05, 0) is 80.5 Å². The van der Waals surface area contributed by atoms with E-state index in [0.29, 0.717) is 31.0 Å². The molecule has 0 aliphatic heterocycles. The van der Waals surface area contributed by atoms with Crippen LogP contribution in [0.2, 0.25) is 0 Å². The molecule has 0 radical (unpaired) electrons. The summed E-state index contributed by atoms with van der Waals surface area (Å²) < 4.78 is 0. The molecular weight excluding hydrogens is 350 g/mol. The summed E-state index contributed by atoms with van der Waals surface area (Å²) >= 11 is 0. The average molecular weight is 394 g/mol. The molecule has 0 aromatic rings.